The maximum atomic E-state index is 13.5. The van der Waals surface area contributed by atoms with Gasteiger partial charge in [-0.05, 0) is 24.6 Å². The number of aliphatic hydroxyl groups is 1. The van der Waals surface area contributed by atoms with Crippen molar-refractivity contribution in [3.8, 4) is 0 Å². The Labute approximate surface area is 108 Å². The lowest BCUT2D eigenvalue weighted by Gasteiger charge is -2.10. The first-order valence-corrected chi connectivity index (χ1v) is 6.35. The molecule has 1 atom stereocenters. The minimum absolute atomic E-state index is 0.228. The third-order valence-electron chi connectivity index (χ3n) is 2.51. The van der Waals surface area contributed by atoms with Crippen LogP contribution in [0.15, 0.2) is 23.7 Å². The summed E-state index contributed by atoms with van der Waals surface area (Å²) < 4.78 is 13.5. The molecule has 0 radical (unpaired) electrons. The molecule has 0 spiro atoms. The van der Waals surface area contributed by atoms with E-state index in [2.05, 4.69) is 4.98 Å². The van der Waals surface area contributed by atoms with E-state index in [1.807, 2.05) is 6.92 Å². The van der Waals surface area contributed by atoms with Gasteiger partial charge in [-0.2, -0.15) is 0 Å². The lowest BCUT2D eigenvalue weighted by atomic mass is 10.1. The lowest BCUT2D eigenvalue weighted by molar-refractivity contribution is 0.180. The molecule has 17 heavy (non-hydrogen) atoms. The van der Waals surface area contributed by atoms with Crippen LogP contribution in [0, 0.1) is 12.7 Å². The van der Waals surface area contributed by atoms with Crippen molar-refractivity contribution in [1.82, 2.24) is 4.98 Å². The predicted molar refractivity (Wildman–Crippen MR) is 66.9 cm³/mol. The van der Waals surface area contributed by atoms with Crippen molar-refractivity contribution < 1.29 is 9.50 Å². The smallest absolute Gasteiger partial charge is 0.127 e. The summed E-state index contributed by atoms with van der Waals surface area (Å²) in [7, 11) is 0. The molecule has 1 aromatic heterocycles. The van der Waals surface area contributed by atoms with Gasteiger partial charge in [-0.25, -0.2) is 9.37 Å². The molecule has 2 rings (SSSR count). The number of aliphatic hydroxyl groups excluding tert-OH is 1. The highest BCUT2D eigenvalue weighted by molar-refractivity contribution is 7.09. The molecule has 0 aliphatic carbocycles. The third kappa shape index (κ3) is 2.83. The summed E-state index contributed by atoms with van der Waals surface area (Å²) in [6.07, 6.45) is -0.496. The van der Waals surface area contributed by atoms with E-state index in [9.17, 15) is 9.50 Å². The zero-order valence-corrected chi connectivity index (χ0v) is 10.7. The maximum Gasteiger partial charge on any atom is 0.127 e. The fraction of sp³-hybridized carbons (Fsp3) is 0.250. The van der Waals surface area contributed by atoms with Gasteiger partial charge >= 0.3 is 0 Å². The van der Waals surface area contributed by atoms with Crippen LogP contribution in [0.1, 0.15) is 22.2 Å². The second-order valence-electron chi connectivity index (χ2n) is 3.76. The SMILES string of the molecule is Cc1ncsc1C(O)Cc1ccc(Cl)cc1F. The zero-order valence-electron chi connectivity index (χ0n) is 9.15. The maximum absolute atomic E-state index is 13.5. The van der Waals surface area contributed by atoms with Crippen molar-refractivity contribution >= 4 is 22.9 Å². The van der Waals surface area contributed by atoms with Gasteiger partial charge in [-0.3, -0.25) is 0 Å². The van der Waals surface area contributed by atoms with Gasteiger partial charge in [-0.1, -0.05) is 17.7 Å². The highest BCUT2D eigenvalue weighted by Gasteiger charge is 2.15. The monoisotopic (exact) mass is 271 g/mol. The molecule has 0 amide bonds. The van der Waals surface area contributed by atoms with Gasteiger partial charge in [-0.15, -0.1) is 11.3 Å². The second kappa shape index (κ2) is 5.12. The van der Waals surface area contributed by atoms with Crippen LogP contribution in [0.4, 0.5) is 4.39 Å². The Morgan fingerprint density at radius 3 is 2.88 bits per heavy atom. The predicted octanol–water partition coefficient (Wildman–Crippen LogP) is 3.52. The van der Waals surface area contributed by atoms with Crippen molar-refractivity contribution in [2.45, 2.75) is 19.4 Å². The molecule has 1 N–H and O–H groups in total. The lowest BCUT2D eigenvalue weighted by Crippen LogP contribution is -2.03. The minimum Gasteiger partial charge on any atom is -0.387 e. The van der Waals surface area contributed by atoms with Gasteiger partial charge in [0.1, 0.15) is 5.82 Å². The number of halogens is 2. The van der Waals surface area contributed by atoms with Crippen LogP contribution in [0.3, 0.4) is 0 Å². The quantitative estimate of drug-likeness (QED) is 0.927. The average molecular weight is 272 g/mol. The molecular weight excluding hydrogens is 261 g/mol. The van der Waals surface area contributed by atoms with Gasteiger partial charge in [0, 0.05) is 11.4 Å². The van der Waals surface area contributed by atoms with E-state index in [1.165, 1.54) is 17.4 Å². The van der Waals surface area contributed by atoms with E-state index in [1.54, 1.807) is 17.6 Å². The topological polar surface area (TPSA) is 33.1 Å². The van der Waals surface area contributed by atoms with Crippen LogP contribution >= 0.6 is 22.9 Å². The van der Waals surface area contributed by atoms with Crippen molar-refractivity contribution in [3.63, 3.8) is 0 Å². The first kappa shape index (κ1) is 12.5. The normalized spacial score (nSPS) is 12.7. The molecule has 1 aromatic carbocycles. The van der Waals surface area contributed by atoms with E-state index in [0.29, 0.717) is 10.6 Å². The molecule has 1 unspecified atom stereocenters. The Bertz CT molecular complexity index is 529. The zero-order chi connectivity index (χ0) is 12.4. The van der Waals surface area contributed by atoms with Crippen LogP contribution in [0.5, 0.6) is 0 Å². The minimum atomic E-state index is -0.724. The van der Waals surface area contributed by atoms with E-state index in [-0.39, 0.29) is 6.42 Å². The van der Waals surface area contributed by atoms with E-state index >= 15 is 0 Å². The molecule has 0 saturated carbocycles. The summed E-state index contributed by atoms with van der Waals surface area (Å²) in [4.78, 5) is 4.84. The van der Waals surface area contributed by atoms with Gasteiger partial charge in [0.2, 0.25) is 0 Å². The molecule has 0 saturated heterocycles. The van der Waals surface area contributed by atoms with E-state index in [0.717, 1.165) is 10.6 Å². The van der Waals surface area contributed by atoms with Crippen molar-refractivity contribution in [1.29, 1.82) is 0 Å². The van der Waals surface area contributed by atoms with Gasteiger partial charge in [0.15, 0.2) is 0 Å². The summed E-state index contributed by atoms with van der Waals surface area (Å²) in [5.74, 6) is -0.390. The Balaban J connectivity index is 2.19. The largest absolute Gasteiger partial charge is 0.387 e. The molecule has 2 aromatic rings. The molecule has 5 heteroatoms. The Morgan fingerprint density at radius 1 is 1.53 bits per heavy atom. The van der Waals surface area contributed by atoms with Crippen molar-refractivity contribution in [2.24, 2.45) is 0 Å². The number of benzene rings is 1. The summed E-state index contributed by atoms with van der Waals surface area (Å²) in [6, 6.07) is 4.46. The molecule has 0 fully saturated rings. The van der Waals surface area contributed by atoms with Crippen LogP contribution in [0.2, 0.25) is 5.02 Å². The van der Waals surface area contributed by atoms with Crippen LogP contribution in [-0.2, 0) is 6.42 Å². The Morgan fingerprint density at radius 2 is 2.29 bits per heavy atom. The number of rotatable bonds is 3. The number of thiazole rings is 1. The van der Waals surface area contributed by atoms with Gasteiger partial charge in [0.25, 0.3) is 0 Å². The fourth-order valence-electron chi connectivity index (χ4n) is 1.62. The molecule has 0 bridgehead atoms. The van der Waals surface area contributed by atoms with Gasteiger partial charge < -0.3 is 5.11 Å². The van der Waals surface area contributed by atoms with Crippen molar-refractivity contribution in [2.75, 3.05) is 0 Å². The Hall–Kier alpha value is -0.970. The second-order valence-corrected chi connectivity index (χ2v) is 5.08. The van der Waals surface area contributed by atoms with E-state index < -0.39 is 11.9 Å². The molecule has 90 valence electrons. The number of aromatic nitrogens is 1. The highest BCUT2D eigenvalue weighted by atomic mass is 35.5. The number of hydrogen-bond acceptors (Lipinski definition) is 3. The number of nitrogens with zero attached hydrogens (tertiary/aromatic N) is 1. The molecule has 0 aliphatic heterocycles. The molecule has 2 nitrogen and oxygen atoms in total. The van der Waals surface area contributed by atoms with Gasteiger partial charge in [0.05, 0.1) is 22.2 Å². The standard InChI is InChI=1S/C12H11ClFNOS/c1-7-12(17-6-15-7)11(16)4-8-2-3-9(13)5-10(8)14/h2-3,5-6,11,16H,4H2,1H3. The van der Waals surface area contributed by atoms with Crippen LogP contribution < -0.4 is 0 Å². The highest BCUT2D eigenvalue weighted by Crippen LogP contribution is 2.26. The van der Waals surface area contributed by atoms with E-state index in [4.69, 9.17) is 11.6 Å². The van der Waals surface area contributed by atoms with Crippen molar-refractivity contribution in [3.05, 3.63) is 50.7 Å². The van der Waals surface area contributed by atoms with Crippen LogP contribution in [-0.4, -0.2) is 10.1 Å². The molecular formula is C12H11ClFNOS. The first-order chi connectivity index (χ1) is 8.08. The summed E-state index contributed by atoms with van der Waals surface area (Å²) in [5, 5.41) is 10.4. The fourth-order valence-corrected chi connectivity index (χ4v) is 2.57. The first-order valence-electron chi connectivity index (χ1n) is 5.10. The summed E-state index contributed by atoms with van der Waals surface area (Å²) in [5.41, 5.74) is 2.91. The molecule has 1 heterocycles. The number of aryl methyl sites for hydroxylation is 1. The average Bonchev–Trinajstić information content (AvgIpc) is 2.68. The van der Waals surface area contributed by atoms with Crippen LogP contribution in [0.25, 0.3) is 0 Å². The Kier molecular flexibility index (Phi) is 3.76. The third-order valence-corrected chi connectivity index (χ3v) is 3.78. The summed E-state index contributed by atoms with van der Waals surface area (Å²) >= 11 is 7.04. The molecule has 0 aliphatic rings. The summed E-state index contributed by atoms with van der Waals surface area (Å²) in [6.45, 7) is 1.83. The number of hydrogen-bond donors (Lipinski definition) is 1.